The van der Waals surface area contributed by atoms with Gasteiger partial charge in [-0.25, -0.2) is 5.10 Å². The molecule has 2 aromatic rings. The third-order valence-corrected chi connectivity index (χ3v) is 3.50. The number of halogens is 3. The van der Waals surface area contributed by atoms with Crippen molar-refractivity contribution < 1.29 is 0 Å². The molecule has 0 fully saturated rings. The lowest BCUT2D eigenvalue weighted by Crippen LogP contribution is -2.10. The largest absolute Gasteiger partial charge is 0.280 e. The molecule has 0 atom stereocenters. The van der Waals surface area contributed by atoms with Gasteiger partial charge in [0, 0.05) is 10.6 Å². The maximum absolute atomic E-state index is 11.3. The second-order valence-electron chi connectivity index (χ2n) is 3.46. The number of hydrogen-bond acceptors (Lipinski definition) is 4. The zero-order valence-corrected chi connectivity index (χ0v) is 12.4. The molecule has 8 heteroatoms. The lowest BCUT2D eigenvalue weighted by atomic mass is 10.2. The van der Waals surface area contributed by atoms with Gasteiger partial charge in [-0.15, -0.1) is 0 Å². The second-order valence-corrected chi connectivity index (χ2v) is 5.10. The average Bonchev–Trinajstić information content (AvgIpc) is 2.37. The summed E-state index contributed by atoms with van der Waals surface area (Å²) in [6.07, 6.45) is 2.96. The highest BCUT2D eigenvalue weighted by Gasteiger charge is 2.02. The number of nitrogens with zero attached hydrogens (tertiary/aromatic N) is 2. The summed E-state index contributed by atoms with van der Waals surface area (Å²) in [7, 11) is 0. The van der Waals surface area contributed by atoms with E-state index in [-0.39, 0.29) is 5.56 Å². The topological polar surface area (TPSA) is 70.1 Å². The average molecular weight is 362 g/mol. The predicted octanol–water partition coefficient (Wildman–Crippen LogP) is 3.29. The lowest BCUT2D eigenvalue weighted by molar-refractivity contribution is 0.977. The van der Waals surface area contributed by atoms with E-state index in [1.54, 1.807) is 18.2 Å². The van der Waals surface area contributed by atoms with Crippen LogP contribution in [0.25, 0.3) is 0 Å². The van der Waals surface area contributed by atoms with E-state index in [2.05, 4.69) is 36.7 Å². The number of benzene rings is 1. The molecule has 5 nitrogen and oxygen atoms in total. The third-order valence-electron chi connectivity index (χ3n) is 2.15. The summed E-state index contributed by atoms with van der Waals surface area (Å²) in [5, 5.41) is 11.0. The van der Waals surface area contributed by atoms with Gasteiger partial charge in [0.25, 0.3) is 5.56 Å². The molecular weight excluding hydrogens is 355 g/mol. The fourth-order valence-electron chi connectivity index (χ4n) is 1.24. The quantitative estimate of drug-likeness (QED) is 0.651. The molecule has 0 aliphatic rings. The molecule has 0 saturated carbocycles. The SMILES string of the molecule is O=c1[nH]ncc(N/N=C/c2ccc(Cl)cc2Cl)c1Br. The number of nitrogens with one attached hydrogen (secondary N) is 2. The molecule has 2 N–H and O–H groups in total. The molecule has 0 spiro atoms. The molecule has 1 aromatic carbocycles. The molecular formula is C11H7BrCl2N4O. The Hall–Kier alpha value is -1.37. The Kier molecular flexibility index (Phi) is 4.57. The number of hydrogen-bond donors (Lipinski definition) is 2. The molecule has 0 radical (unpaired) electrons. The first-order valence-corrected chi connectivity index (χ1v) is 6.60. The van der Waals surface area contributed by atoms with Gasteiger partial charge in [-0.2, -0.15) is 10.2 Å². The highest BCUT2D eigenvalue weighted by Crippen LogP contribution is 2.20. The summed E-state index contributed by atoms with van der Waals surface area (Å²) in [5.74, 6) is 0. The number of aromatic amines is 1. The maximum Gasteiger partial charge on any atom is 0.280 e. The Morgan fingerprint density at radius 1 is 1.42 bits per heavy atom. The highest BCUT2D eigenvalue weighted by molar-refractivity contribution is 9.10. The van der Waals surface area contributed by atoms with Crippen molar-refractivity contribution in [3.05, 3.63) is 54.8 Å². The van der Waals surface area contributed by atoms with Crippen LogP contribution in [0.15, 0.2) is 38.8 Å². The van der Waals surface area contributed by atoms with Crippen LogP contribution in [0.1, 0.15) is 5.56 Å². The van der Waals surface area contributed by atoms with Gasteiger partial charge in [0.15, 0.2) is 0 Å². The fraction of sp³-hybridized carbons (Fsp3) is 0. The zero-order chi connectivity index (χ0) is 13.8. The molecule has 0 aliphatic heterocycles. The van der Waals surface area contributed by atoms with Gasteiger partial charge in [0.05, 0.1) is 23.1 Å². The van der Waals surface area contributed by atoms with Gasteiger partial charge >= 0.3 is 0 Å². The maximum atomic E-state index is 11.3. The van der Waals surface area contributed by atoms with Crippen molar-refractivity contribution >= 4 is 51.0 Å². The van der Waals surface area contributed by atoms with E-state index in [1.807, 2.05) is 0 Å². The van der Waals surface area contributed by atoms with Gasteiger partial charge in [-0.1, -0.05) is 29.3 Å². The first-order chi connectivity index (χ1) is 9.08. The van der Waals surface area contributed by atoms with Crippen molar-refractivity contribution in [1.29, 1.82) is 0 Å². The minimum atomic E-state index is -0.343. The fourth-order valence-corrected chi connectivity index (χ4v) is 1.98. The number of anilines is 1. The van der Waals surface area contributed by atoms with Gasteiger partial charge in [0.2, 0.25) is 0 Å². The van der Waals surface area contributed by atoms with Crippen molar-refractivity contribution in [3.8, 4) is 0 Å². The van der Waals surface area contributed by atoms with E-state index >= 15 is 0 Å². The van der Waals surface area contributed by atoms with Crippen LogP contribution < -0.4 is 11.0 Å². The minimum Gasteiger partial charge on any atom is -0.275 e. The Morgan fingerprint density at radius 3 is 2.95 bits per heavy atom. The monoisotopic (exact) mass is 360 g/mol. The van der Waals surface area contributed by atoms with Gasteiger partial charge in [-0.05, 0) is 28.1 Å². The molecule has 0 bridgehead atoms. The molecule has 1 heterocycles. The van der Waals surface area contributed by atoms with Crippen molar-refractivity contribution in [2.24, 2.45) is 5.10 Å². The number of hydrazone groups is 1. The summed E-state index contributed by atoms with van der Waals surface area (Å²) in [6, 6.07) is 5.07. The first-order valence-electron chi connectivity index (χ1n) is 5.05. The minimum absolute atomic E-state index is 0.321. The van der Waals surface area contributed by atoms with Crippen molar-refractivity contribution in [1.82, 2.24) is 10.2 Å². The van der Waals surface area contributed by atoms with Crippen LogP contribution in [0.3, 0.4) is 0 Å². The second kappa shape index (κ2) is 6.18. The summed E-state index contributed by atoms with van der Waals surface area (Å²) in [6.45, 7) is 0. The molecule has 0 amide bonds. The predicted molar refractivity (Wildman–Crippen MR) is 80.2 cm³/mol. The Bertz CT molecular complexity index is 687. The molecule has 0 saturated heterocycles. The molecule has 0 aliphatic carbocycles. The van der Waals surface area contributed by atoms with E-state index in [0.717, 1.165) is 0 Å². The van der Waals surface area contributed by atoms with Crippen molar-refractivity contribution in [2.45, 2.75) is 0 Å². The van der Waals surface area contributed by atoms with Gasteiger partial charge in [-0.3, -0.25) is 10.2 Å². The summed E-state index contributed by atoms with van der Waals surface area (Å²) >= 11 is 14.9. The Balaban J connectivity index is 2.16. The van der Waals surface area contributed by atoms with Crippen LogP contribution in [0.2, 0.25) is 10.0 Å². The lowest BCUT2D eigenvalue weighted by Gasteiger charge is -2.01. The number of H-pyrrole nitrogens is 1. The Labute approximate surface area is 126 Å². The Morgan fingerprint density at radius 2 is 2.21 bits per heavy atom. The van der Waals surface area contributed by atoms with Crippen molar-refractivity contribution in [2.75, 3.05) is 5.43 Å². The number of aromatic nitrogens is 2. The van der Waals surface area contributed by atoms with E-state index in [9.17, 15) is 4.79 Å². The van der Waals surface area contributed by atoms with Crippen LogP contribution in [-0.4, -0.2) is 16.4 Å². The molecule has 19 heavy (non-hydrogen) atoms. The number of rotatable bonds is 3. The molecule has 1 aromatic heterocycles. The van der Waals surface area contributed by atoms with Crippen LogP contribution in [0.4, 0.5) is 5.69 Å². The smallest absolute Gasteiger partial charge is 0.275 e. The standard InChI is InChI=1S/C11H7BrCl2N4O/c12-10-9(5-16-18-11(10)19)17-15-4-6-1-2-7(13)3-8(6)14/h1-5H,(H2,17,18,19)/b15-4+. The summed E-state index contributed by atoms with van der Waals surface area (Å²) in [4.78, 5) is 11.3. The van der Waals surface area contributed by atoms with Gasteiger partial charge < -0.3 is 0 Å². The molecule has 2 rings (SSSR count). The van der Waals surface area contributed by atoms with Crippen LogP contribution >= 0.6 is 39.1 Å². The highest BCUT2D eigenvalue weighted by atomic mass is 79.9. The van der Waals surface area contributed by atoms with E-state index in [0.29, 0.717) is 25.8 Å². The normalized spacial score (nSPS) is 10.9. The summed E-state index contributed by atoms with van der Waals surface area (Å²) in [5.41, 5.74) is 3.50. The van der Waals surface area contributed by atoms with Gasteiger partial charge in [0.1, 0.15) is 4.47 Å². The van der Waals surface area contributed by atoms with E-state index in [4.69, 9.17) is 23.2 Å². The first kappa shape index (κ1) is 14.0. The summed E-state index contributed by atoms with van der Waals surface area (Å²) < 4.78 is 0.321. The van der Waals surface area contributed by atoms with E-state index in [1.165, 1.54) is 12.4 Å². The van der Waals surface area contributed by atoms with Crippen LogP contribution in [0, 0.1) is 0 Å². The van der Waals surface area contributed by atoms with Crippen LogP contribution in [-0.2, 0) is 0 Å². The van der Waals surface area contributed by atoms with Crippen molar-refractivity contribution in [3.63, 3.8) is 0 Å². The van der Waals surface area contributed by atoms with E-state index < -0.39 is 0 Å². The molecule has 98 valence electrons. The van der Waals surface area contributed by atoms with Crippen LogP contribution in [0.5, 0.6) is 0 Å². The molecule has 0 unspecified atom stereocenters. The zero-order valence-electron chi connectivity index (χ0n) is 9.32. The third kappa shape index (κ3) is 3.56.